The van der Waals surface area contributed by atoms with E-state index in [0.29, 0.717) is 11.1 Å². The molecule has 0 saturated carbocycles. The predicted molar refractivity (Wildman–Crippen MR) is 48.6 cm³/mol. The van der Waals surface area contributed by atoms with Crippen molar-refractivity contribution in [3.05, 3.63) is 35.4 Å². The number of carbonyl (C=O) groups excluding carboxylic acids is 2. The van der Waals surface area contributed by atoms with Crippen molar-refractivity contribution in [2.24, 2.45) is 0 Å². The van der Waals surface area contributed by atoms with Gasteiger partial charge in [0.2, 0.25) is 0 Å². The maximum absolute atomic E-state index is 10.9. The van der Waals surface area contributed by atoms with E-state index in [0.717, 1.165) is 0 Å². The van der Waals surface area contributed by atoms with Gasteiger partial charge in [-0.05, 0) is 12.1 Å². The van der Waals surface area contributed by atoms with Crippen molar-refractivity contribution in [1.29, 1.82) is 0 Å². The first kappa shape index (κ1) is 8.80. The molecule has 0 radical (unpaired) electrons. The zero-order valence-corrected chi connectivity index (χ0v) is 7.13. The molecule has 62 valence electrons. The van der Waals surface area contributed by atoms with Gasteiger partial charge in [0, 0.05) is 0 Å². The molecule has 12 heavy (non-hydrogen) atoms. The van der Waals surface area contributed by atoms with E-state index < -0.39 is 0 Å². The maximum atomic E-state index is 10.9. The van der Waals surface area contributed by atoms with Gasteiger partial charge in [0.05, 0.1) is 11.1 Å². The summed E-state index contributed by atoms with van der Waals surface area (Å²) >= 11 is 0. The van der Waals surface area contributed by atoms with Crippen LogP contribution in [0.1, 0.15) is 20.7 Å². The van der Waals surface area contributed by atoms with Gasteiger partial charge in [-0.2, -0.15) is 13.5 Å². The van der Waals surface area contributed by atoms with Crippen LogP contribution in [0.4, 0.5) is 0 Å². The number of imide groups is 1. The molecule has 0 spiro atoms. The third kappa shape index (κ3) is 1.10. The lowest BCUT2D eigenvalue weighted by Crippen LogP contribution is -2.19. The molecule has 0 saturated heterocycles. The summed E-state index contributed by atoms with van der Waals surface area (Å²) in [6.45, 7) is 0. The van der Waals surface area contributed by atoms with Crippen LogP contribution in [-0.4, -0.2) is 11.8 Å². The van der Waals surface area contributed by atoms with E-state index in [1.165, 1.54) is 0 Å². The molecule has 2 rings (SSSR count). The van der Waals surface area contributed by atoms with Crippen molar-refractivity contribution in [1.82, 2.24) is 5.32 Å². The summed E-state index contributed by atoms with van der Waals surface area (Å²) in [5.41, 5.74) is 0.940. The third-order valence-corrected chi connectivity index (χ3v) is 1.64. The third-order valence-electron chi connectivity index (χ3n) is 1.64. The Morgan fingerprint density at radius 1 is 0.917 bits per heavy atom. The van der Waals surface area contributed by atoms with Gasteiger partial charge >= 0.3 is 0 Å². The van der Waals surface area contributed by atoms with Crippen molar-refractivity contribution in [2.75, 3.05) is 0 Å². The number of hydrogen-bond acceptors (Lipinski definition) is 2. The number of fused-ring (bicyclic) bond motifs is 1. The topological polar surface area (TPSA) is 46.2 Å². The fourth-order valence-corrected chi connectivity index (χ4v) is 1.12. The monoisotopic (exact) mass is 181 g/mol. The van der Waals surface area contributed by atoms with Gasteiger partial charge in [-0.25, -0.2) is 0 Å². The summed E-state index contributed by atoms with van der Waals surface area (Å²) in [6.07, 6.45) is 0. The van der Waals surface area contributed by atoms with Crippen LogP contribution >= 0.6 is 13.5 Å². The average molecular weight is 181 g/mol. The summed E-state index contributed by atoms with van der Waals surface area (Å²) in [7, 11) is 0. The highest BCUT2D eigenvalue weighted by Crippen LogP contribution is 2.13. The Kier molecular flexibility index (Phi) is 2.19. The molecule has 0 aromatic heterocycles. The highest BCUT2D eigenvalue weighted by atomic mass is 32.1. The van der Waals surface area contributed by atoms with Crippen LogP contribution in [-0.2, 0) is 0 Å². The lowest BCUT2D eigenvalue weighted by molar-refractivity contribution is 0.0879. The minimum atomic E-state index is -0.300. The van der Waals surface area contributed by atoms with Crippen molar-refractivity contribution >= 4 is 25.3 Å². The number of benzene rings is 1. The van der Waals surface area contributed by atoms with E-state index in [4.69, 9.17) is 0 Å². The summed E-state index contributed by atoms with van der Waals surface area (Å²) in [4.78, 5) is 21.9. The van der Waals surface area contributed by atoms with Gasteiger partial charge in [0.15, 0.2) is 0 Å². The number of hydrogen-bond donors (Lipinski definition) is 1. The molecule has 1 heterocycles. The van der Waals surface area contributed by atoms with E-state index in [1.54, 1.807) is 24.3 Å². The van der Waals surface area contributed by atoms with Gasteiger partial charge in [-0.15, -0.1) is 0 Å². The fourth-order valence-electron chi connectivity index (χ4n) is 1.12. The molecule has 4 heteroatoms. The van der Waals surface area contributed by atoms with Crippen molar-refractivity contribution in [3.63, 3.8) is 0 Å². The lowest BCUT2D eigenvalue weighted by Gasteiger charge is -1.88. The molecule has 3 nitrogen and oxygen atoms in total. The van der Waals surface area contributed by atoms with Gasteiger partial charge in [-0.1, -0.05) is 12.1 Å². The van der Waals surface area contributed by atoms with Crippen LogP contribution in [0.5, 0.6) is 0 Å². The minimum absolute atomic E-state index is 0. The molecule has 0 bridgehead atoms. The molecule has 0 atom stereocenters. The Balaban J connectivity index is 0.000000720. The van der Waals surface area contributed by atoms with Crippen LogP contribution in [0.15, 0.2) is 24.3 Å². The molecule has 1 aromatic carbocycles. The smallest absolute Gasteiger partial charge is 0.258 e. The van der Waals surface area contributed by atoms with Gasteiger partial charge in [0.1, 0.15) is 0 Å². The zero-order chi connectivity index (χ0) is 7.84. The second-order valence-electron chi connectivity index (χ2n) is 2.33. The molecular weight excluding hydrogens is 174 g/mol. The van der Waals surface area contributed by atoms with E-state index in [-0.39, 0.29) is 25.3 Å². The molecule has 0 aliphatic carbocycles. The number of rotatable bonds is 0. The van der Waals surface area contributed by atoms with Crippen molar-refractivity contribution in [3.8, 4) is 0 Å². The van der Waals surface area contributed by atoms with Crippen molar-refractivity contribution in [2.45, 2.75) is 0 Å². The predicted octanol–water partition coefficient (Wildman–Crippen LogP) is 0.683. The van der Waals surface area contributed by atoms with E-state index in [2.05, 4.69) is 5.32 Å². The second kappa shape index (κ2) is 2.98. The van der Waals surface area contributed by atoms with Crippen molar-refractivity contribution < 1.29 is 9.59 Å². The Labute approximate surface area is 76.2 Å². The molecule has 1 aliphatic heterocycles. The second-order valence-corrected chi connectivity index (χ2v) is 2.33. The normalized spacial score (nSPS) is 13.3. The van der Waals surface area contributed by atoms with Gasteiger partial charge in [0.25, 0.3) is 11.8 Å². The SMILES string of the molecule is O=C1NC(=O)c2ccccc21.S. The van der Waals surface area contributed by atoms with Crippen LogP contribution in [0.3, 0.4) is 0 Å². The van der Waals surface area contributed by atoms with E-state index in [9.17, 15) is 9.59 Å². The van der Waals surface area contributed by atoms with E-state index in [1.807, 2.05) is 0 Å². The first-order valence-electron chi connectivity index (χ1n) is 3.24. The molecule has 0 fully saturated rings. The van der Waals surface area contributed by atoms with E-state index >= 15 is 0 Å². The molecular formula is C8H7NO2S. The quantitative estimate of drug-likeness (QED) is 0.598. The van der Waals surface area contributed by atoms with Crippen LogP contribution in [0.25, 0.3) is 0 Å². The lowest BCUT2D eigenvalue weighted by atomic mass is 10.1. The largest absolute Gasteiger partial charge is 0.288 e. The highest BCUT2D eigenvalue weighted by Gasteiger charge is 2.25. The number of carbonyl (C=O) groups is 2. The standard InChI is InChI=1S/C8H5NO2.H2S/c10-7-5-3-1-2-4-6(5)8(11)9-7;/h1-4H,(H,9,10,11);1H2. The summed E-state index contributed by atoms with van der Waals surface area (Å²) in [5.74, 6) is -0.601. The van der Waals surface area contributed by atoms with Gasteiger partial charge < -0.3 is 0 Å². The van der Waals surface area contributed by atoms with Gasteiger partial charge in [-0.3, -0.25) is 14.9 Å². The van der Waals surface area contributed by atoms with Crippen LogP contribution in [0, 0.1) is 0 Å². The summed E-state index contributed by atoms with van der Waals surface area (Å²) in [5, 5.41) is 2.20. The molecule has 1 aromatic rings. The Bertz CT molecular complexity index is 316. The van der Waals surface area contributed by atoms with Crippen LogP contribution < -0.4 is 5.32 Å². The fraction of sp³-hybridized carbons (Fsp3) is 0. The Morgan fingerprint density at radius 2 is 1.33 bits per heavy atom. The highest BCUT2D eigenvalue weighted by molar-refractivity contribution is 7.59. The minimum Gasteiger partial charge on any atom is -0.288 e. The Hall–Kier alpha value is -1.29. The number of nitrogens with one attached hydrogen (secondary N) is 1. The van der Waals surface area contributed by atoms with Crippen LogP contribution in [0.2, 0.25) is 0 Å². The summed E-state index contributed by atoms with van der Waals surface area (Å²) < 4.78 is 0. The summed E-state index contributed by atoms with van der Waals surface area (Å²) in [6, 6.07) is 6.74. The molecule has 0 unspecified atom stereocenters. The zero-order valence-electron chi connectivity index (χ0n) is 6.13. The molecule has 1 N–H and O–H groups in total. The average Bonchev–Trinajstić information content (AvgIpc) is 2.30. The first-order valence-corrected chi connectivity index (χ1v) is 3.24. The molecule has 1 aliphatic rings. The maximum Gasteiger partial charge on any atom is 0.258 e. The number of amides is 2. The first-order chi connectivity index (χ1) is 5.29. The molecule has 2 amide bonds. The Morgan fingerprint density at radius 3 is 1.75 bits per heavy atom.